The Balaban J connectivity index is 0.000000231. The third kappa shape index (κ3) is 15.1. The highest BCUT2D eigenvalue weighted by atomic mass is 19.1. The number of hydrogen-bond acceptors (Lipinski definition) is 14. The molecule has 18 nitrogen and oxygen atoms in total. The molecule has 2 fully saturated rings. The highest BCUT2D eigenvalue weighted by molar-refractivity contribution is 5.98. The molecule has 3 heterocycles. The lowest BCUT2D eigenvalue weighted by atomic mass is 10.0. The normalized spacial score (nSPS) is 14.5. The summed E-state index contributed by atoms with van der Waals surface area (Å²) in [5, 5.41) is 26.9. The van der Waals surface area contributed by atoms with Gasteiger partial charge in [0.1, 0.15) is 43.2 Å². The van der Waals surface area contributed by atoms with E-state index in [1.165, 1.54) is 19.1 Å². The van der Waals surface area contributed by atoms with E-state index in [9.17, 15) is 28.4 Å². The fraction of sp³-hybridized carbons (Fsp3) is 0.367. The summed E-state index contributed by atoms with van der Waals surface area (Å²) in [4.78, 5) is 62.7. The lowest BCUT2D eigenvalue weighted by Gasteiger charge is -2.27. The molecule has 0 saturated carbocycles. The van der Waals surface area contributed by atoms with Crippen LogP contribution in [-0.2, 0) is 33.4 Å². The van der Waals surface area contributed by atoms with Crippen molar-refractivity contribution in [2.45, 2.75) is 59.7 Å². The van der Waals surface area contributed by atoms with Crippen LogP contribution in [0.5, 0.6) is 11.5 Å². The number of carbonyl (C=O) groups excluding carboxylic acids is 5. The van der Waals surface area contributed by atoms with Crippen molar-refractivity contribution in [3.8, 4) is 17.6 Å². The molecule has 2 saturated heterocycles. The number of ketones is 1. The Hall–Kier alpha value is -7.40. The van der Waals surface area contributed by atoms with Crippen molar-refractivity contribution < 1.29 is 56.9 Å². The number of nitrogen functional groups attached to an aromatic ring is 1. The minimum atomic E-state index is -0.822. The number of nitrogens with two attached hydrogens (primary N) is 1. The smallest absolute Gasteiger partial charge is 0.265 e. The zero-order valence-corrected chi connectivity index (χ0v) is 38.5. The Bertz CT molecular complexity index is 2560. The van der Waals surface area contributed by atoms with Crippen molar-refractivity contribution in [3.63, 3.8) is 0 Å². The predicted octanol–water partition coefficient (Wildman–Crippen LogP) is 6.27. The molecule has 0 spiro atoms. The van der Waals surface area contributed by atoms with Crippen molar-refractivity contribution in [1.82, 2.24) is 5.16 Å². The average molecular weight is 938 g/mol. The third-order valence-electron chi connectivity index (χ3n) is 10.1. The number of fused-ring (bicyclic) bond motifs is 1. The van der Waals surface area contributed by atoms with Gasteiger partial charge in [-0.2, -0.15) is 5.26 Å². The van der Waals surface area contributed by atoms with E-state index in [2.05, 4.69) is 15.8 Å². The van der Waals surface area contributed by atoms with Crippen LogP contribution in [0, 0.1) is 29.0 Å². The second-order valence-corrected chi connectivity index (χ2v) is 16.6. The van der Waals surface area contributed by atoms with Gasteiger partial charge in [-0.25, -0.2) is 4.39 Å². The molecule has 0 bridgehead atoms. The SMILES string of the molecule is CC(=O)CO.CC(C)CC(Oc1ccc(F)c(C#N)c1)C(=O)Nc1ccc(N2CCOCC2=O)cc1.CC(C)CC(Oc1ccc2onc(N)c2c1)C(=O)Nc1ccc(N2CCOCC2=O)cc1. The van der Waals surface area contributed by atoms with Crippen LogP contribution in [0.4, 0.5) is 33.0 Å². The maximum absolute atomic E-state index is 13.6. The number of rotatable bonds is 15. The van der Waals surface area contributed by atoms with Gasteiger partial charge in [-0.05, 0) is 110 Å². The highest BCUT2D eigenvalue weighted by Gasteiger charge is 2.26. The summed E-state index contributed by atoms with van der Waals surface area (Å²) < 4.78 is 40.8. The summed E-state index contributed by atoms with van der Waals surface area (Å²) in [7, 11) is 0. The van der Waals surface area contributed by atoms with Gasteiger partial charge in [-0.15, -0.1) is 0 Å². The predicted molar refractivity (Wildman–Crippen MR) is 252 cm³/mol. The van der Waals surface area contributed by atoms with E-state index in [0.717, 1.165) is 17.4 Å². The molecule has 0 radical (unpaired) electrons. The summed E-state index contributed by atoms with van der Waals surface area (Å²) in [5.74, 6) is -0.189. The Morgan fingerprint density at radius 2 is 1.24 bits per heavy atom. The van der Waals surface area contributed by atoms with E-state index in [0.29, 0.717) is 67.2 Å². The quantitative estimate of drug-likeness (QED) is 0.0904. The molecule has 4 aromatic carbocycles. The summed E-state index contributed by atoms with van der Waals surface area (Å²) >= 11 is 0. The van der Waals surface area contributed by atoms with E-state index in [4.69, 9.17) is 39.6 Å². The lowest BCUT2D eigenvalue weighted by molar-refractivity contribution is -0.126. The number of morpholine rings is 2. The number of carbonyl (C=O) groups is 5. The van der Waals surface area contributed by atoms with E-state index in [-0.39, 0.29) is 78.2 Å². The number of ether oxygens (including phenoxy) is 4. The monoisotopic (exact) mass is 937 g/mol. The van der Waals surface area contributed by atoms with Crippen LogP contribution in [0.1, 0.15) is 53.0 Å². The van der Waals surface area contributed by atoms with Crippen molar-refractivity contribution >= 4 is 68.9 Å². The maximum atomic E-state index is 13.6. The Morgan fingerprint density at radius 1 is 0.779 bits per heavy atom. The average Bonchev–Trinajstić information content (AvgIpc) is 3.69. The van der Waals surface area contributed by atoms with E-state index in [1.54, 1.807) is 82.6 Å². The first kappa shape index (κ1) is 51.6. The molecule has 5 aromatic rings. The number of aliphatic hydroxyl groups is 1. The van der Waals surface area contributed by atoms with E-state index in [1.807, 2.05) is 27.7 Å². The zero-order valence-electron chi connectivity index (χ0n) is 38.5. The third-order valence-corrected chi connectivity index (χ3v) is 10.1. The van der Waals surface area contributed by atoms with Gasteiger partial charge < -0.3 is 54.7 Å². The molecule has 19 heteroatoms. The molecule has 68 heavy (non-hydrogen) atoms. The number of benzene rings is 4. The fourth-order valence-electron chi connectivity index (χ4n) is 6.75. The molecule has 0 aliphatic carbocycles. The number of Topliss-reactive ketones (excluding diaryl/α,β-unsaturated/α-hetero) is 1. The highest BCUT2D eigenvalue weighted by Crippen LogP contribution is 2.28. The molecule has 1 aromatic heterocycles. The van der Waals surface area contributed by atoms with Crippen LogP contribution in [0.3, 0.4) is 0 Å². The molecular formula is C49H56FN7O11. The summed E-state index contributed by atoms with van der Waals surface area (Å²) in [6, 6.07) is 24.8. The number of aromatic nitrogens is 1. The summed E-state index contributed by atoms with van der Waals surface area (Å²) in [5.41, 5.74) is 8.91. The fourth-order valence-corrected chi connectivity index (χ4v) is 6.75. The van der Waals surface area contributed by atoms with Gasteiger partial charge in [0, 0.05) is 41.9 Å². The first-order valence-corrected chi connectivity index (χ1v) is 21.9. The van der Waals surface area contributed by atoms with Crippen molar-refractivity contribution in [2.75, 3.05) is 72.3 Å². The van der Waals surface area contributed by atoms with Gasteiger partial charge in [0.25, 0.3) is 23.6 Å². The first-order chi connectivity index (χ1) is 32.5. The van der Waals surface area contributed by atoms with Gasteiger partial charge in [0.05, 0.1) is 24.2 Å². The van der Waals surface area contributed by atoms with Crippen LogP contribution in [-0.4, -0.2) is 98.0 Å². The van der Waals surface area contributed by atoms with E-state index >= 15 is 0 Å². The minimum absolute atomic E-state index is 0.0591. The van der Waals surface area contributed by atoms with Crippen molar-refractivity contribution in [3.05, 3.63) is 96.3 Å². The van der Waals surface area contributed by atoms with Gasteiger partial charge in [0.2, 0.25) is 0 Å². The Morgan fingerprint density at radius 3 is 1.66 bits per heavy atom. The number of nitrogens with zero attached hydrogens (tertiary/aromatic N) is 4. The zero-order chi connectivity index (χ0) is 49.3. The number of nitriles is 1. The number of halogens is 1. The van der Waals surface area contributed by atoms with Gasteiger partial charge in [-0.3, -0.25) is 24.0 Å². The molecule has 5 N–H and O–H groups in total. The molecular weight excluding hydrogens is 882 g/mol. The molecule has 7 rings (SSSR count). The molecule has 2 unspecified atom stereocenters. The lowest BCUT2D eigenvalue weighted by Crippen LogP contribution is -2.41. The summed E-state index contributed by atoms with van der Waals surface area (Å²) in [6.45, 7) is 11.1. The van der Waals surface area contributed by atoms with E-state index < -0.39 is 18.0 Å². The van der Waals surface area contributed by atoms with Crippen LogP contribution in [0.15, 0.2) is 89.5 Å². The van der Waals surface area contributed by atoms with Crippen LogP contribution in [0.2, 0.25) is 0 Å². The van der Waals surface area contributed by atoms with Crippen LogP contribution < -0.4 is 35.6 Å². The number of hydrogen-bond donors (Lipinski definition) is 4. The second-order valence-electron chi connectivity index (χ2n) is 16.6. The van der Waals surface area contributed by atoms with Crippen LogP contribution >= 0.6 is 0 Å². The molecule has 2 aliphatic heterocycles. The van der Waals surface area contributed by atoms with Crippen molar-refractivity contribution in [1.29, 1.82) is 5.26 Å². The number of amides is 4. The maximum Gasteiger partial charge on any atom is 0.265 e. The molecule has 2 aliphatic rings. The standard InChI is InChI=1S/C23H24FN3O4.C23H26N4O5.C3H6O2/c1-15(2)11-21(31-19-7-8-20(24)16(12-19)13-25)23(29)26-17-3-5-18(6-4-17)27-9-10-30-14-22(27)28;1-14(2)11-20(31-17-7-8-19-18(12-17)22(24)26-32-19)23(29)25-15-3-5-16(6-4-15)27-9-10-30-13-21(27)28;1-3(5)2-4/h3-8,12,15,21H,9-11,14H2,1-2H3,(H,26,29);3-8,12,14,20H,9-11,13H2,1-2H3,(H2,24,26)(H,25,29);4H,2H2,1H3. The molecule has 4 amide bonds. The number of aliphatic hydroxyl groups excluding tert-OH is 1. The molecule has 360 valence electrons. The first-order valence-electron chi connectivity index (χ1n) is 21.9. The second kappa shape index (κ2) is 24.9. The van der Waals surface area contributed by atoms with Crippen LogP contribution in [0.25, 0.3) is 11.0 Å². The Kier molecular flexibility index (Phi) is 18.9. The number of anilines is 5. The van der Waals surface area contributed by atoms with Crippen molar-refractivity contribution in [2.24, 2.45) is 11.8 Å². The molecule has 2 atom stereocenters. The van der Waals surface area contributed by atoms with Gasteiger partial charge in [-0.1, -0.05) is 32.9 Å². The topological polar surface area (TPSA) is 249 Å². The minimum Gasteiger partial charge on any atom is -0.481 e. The van der Waals surface area contributed by atoms with Gasteiger partial charge in [0.15, 0.2) is 29.4 Å². The Labute approximate surface area is 393 Å². The largest absolute Gasteiger partial charge is 0.481 e. The van der Waals surface area contributed by atoms with Gasteiger partial charge >= 0.3 is 0 Å². The number of nitrogens with one attached hydrogen (secondary N) is 2. The summed E-state index contributed by atoms with van der Waals surface area (Å²) in [6.07, 6.45) is -0.555.